The van der Waals surface area contributed by atoms with Gasteiger partial charge in [-0.1, -0.05) is 35.0 Å². The third-order valence-electron chi connectivity index (χ3n) is 6.23. The van der Waals surface area contributed by atoms with Crippen molar-refractivity contribution in [3.8, 4) is 11.5 Å². The molecule has 1 heterocycles. The van der Waals surface area contributed by atoms with Gasteiger partial charge in [0.1, 0.15) is 25.8 Å². The maximum atomic E-state index is 13.7. The molecular weight excluding hydrogens is 562 g/mol. The quantitative estimate of drug-likeness (QED) is 0.424. The Morgan fingerprint density at radius 1 is 1.03 bits per heavy atom. The summed E-state index contributed by atoms with van der Waals surface area (Å²) < 4.78 is 39.3. The average molecular weight is 597 g/mol. The van der Waals surface area contributed by atoms with E-state index in [1.165, 1.54) is 11.8 Å². The number of sulfonamides is 1. The van der Waals surface area contributed by atoms with Gasteiger partial charge >= 0.3 is 0 Å². The molecule has 0 spiro atoms. The fourth-order valence-corrected chi connectivity index (χ4v) is 5.06. The Kier molecular flexibility index (Phi) is 9.83. The summed E-state index contributed by atoms with van der Waals surface area (Å²) in [6.45, 7) is 7.45. The molecule has 2 aromatic carbocycles. The first kappa shape index (κ1) is 28.8. The molecule has 0 saturated heterocycles. The lowest BCUT2D eigenvalue weighted by Crippen LogP contribution is -2.52. The lowest BCUT2D eigenvalue weighted by atomic mass is 10.1. The fourth-order valence-electron chi connectivity index (χ4n) is 3.74. The Bertz CT molecular complexity index is 1210. The summed E-state index contributed by atoms with van der Waals surface area (Å²) in [4.78, 5) is 28.1. The minimum Gasteiger partial charge on any atom is -0.486 e. The Hall–Kier alpha value is -2.79. The number of anilines is 1. The van der Waals surface area contributed by atoms with E-state index in [0.29, 0.717) is 30.4 Å². The zero-order valence-corrected chi connectivity index (χ0v) is 24.0. The summed E-state index contributed by atoms with van der Waals surface area (Å²) in [5, 5.41) is 2.92. The van der Waals surface area contributed by atoms with E-state index in [4.69, 9.17) is 9.47 Å². The number of nitrogens with zero attached hydrogens (tertiary/aromatic N) is 2. The first-order valence-electron chi connectivity index (χ1n) is 12.3. The van der Waals surface area contributed by atoms with Gasteiger partial charge in [-0.25, -0.2) is 8.42 Å². The molecule has 0 bridgehead atoms. The molecule has 0 saturated carbocycles. The van der Waals surface area contributed by atoms with E-state index in [0.717, 1.165) is 20.8 Å². The maximum Gasteiger partial charge on any atom is 0.244 e. The van der Waals surface area contributed by atoms with Gasteiger partial charge in [0.2, 0.25) is 21.8 Å². The van der Waals surface area contributed by atoms with Crippen LogP contribution in [0, 0.1) is 0 Å². The van der Waals surface area contributed by atoms with Crippen LogP contribution in [0.15, 0.2) is 46.9 Å². The van der Waals surface area contributed by atoms with Crippen LogP contribution in [0.25, 0.3) is 0 Å². The lowest BCUT2D eigenvalue weighted by molar-refractivity contribution is -0.139. The van der Waals surface area contributed by atoms with Gasteiger partial charge in [0.05, 0.1) is 11.4 Å². The second-order valence-corrected chi connectivity index (χ2v) is 12.0. The van der Waals surface area contributed by atoms with Crippen molar-refractivity contribution in [2.24, 2.45) is 0 Å². The number of amides is 2. The smallest absolute Gasteiger partial charge is 0.244 e. The number of ether oxygens (including phenoxy) is 2. The second kappa shape index (κ2) is 12.6. The molecule has 2 aromatic rings. The van der Waals surface area contributed by atoms with Crippen LogP contribution in [-0.2, 0) is 26.2 Å². The molecule has 0 aromatic heterocycles. The van der Waals surface area contributed by atoms with Crippen molar-refractivity contribution in [1.29, 1.82) is 0 Å². The number of halogens is 1. The number of benzene rings is 2. The van der Waals surface area contributed by atoms with Crippen LogP contribution < -0.4 is 19.1 Å². The van der Waals surface area contributed by atoms with Crippen molar-refractivity contribution in [1.82, 2.24) is 10.2 Å². The van der Waals surface area contributed by atoms with Gasteiger partial charge in [0, 0.05) is 23.1 Å². The number of nitrogens with one attached hydrogen (secondary N) is 1. The van der Waals surface area contributed by atoms with Crippen molar-refractivity contribution < 1.29 is 27.5 Å². The van der Waals surface area contributed by atoms with Crippen LogP contribution in [0.3, 0.4) is 0 Å². The van der Waals surface area contributed by atoms with Crippen LogP contribution in [0.5, 0.6) is 11.5 Å². The van der Waals surface area contributed by atoms with Gasteiger partial charge < -0.3 is 19.7 Å². The molecule has 0 unspecified atom stereocenters. The van der Waals surface area contributed by atoms with Crippen molar-refractivity contribution in [2.45, 2.75) is 52.7 Å². The first-order chi connectivity index (χ1) is 17.6. The molecule has 0 fully saturated rings. The van der Waals surface area contributed by atoms with E-state index >= 15 is 0 Å². The van der Waals surface area contributed by atoms with Crippen LogP contribution in [0.2, 0.25) is 0 Å². The number of hydrogen-bond donors (Lipinski definition) is 1. The average Bonchev–Trinajstić information content (AvgIpc) is 2.90. The number of carbonyl (C=O) groups is 2. The van der Waals surface area contributed by atoms with E-state index in [2.05, 4.69) is 21.2 Å². The van der Waals surface area contributed by atoms with Gasteiger partial charge in [-0.3, -0.25) is 13.9 Å². The maximum absolute atomic E-state index is 13.7. The Balaban J connectivity index is 1.94. The molecule has 1 aliphatic rings. The van der Waals surface area contributed by atoms with Gasteiger partial charge in [-0.05, 0) is 57.0 Å². The zero-order valence-electron chi connectivity index (χ0n) is 21.6. The normalized spacial score (nSPS) is 14.4. The molecule has 37 heavy (non-hydrogen) atoms. The van der Waals surface area contributed by atoms with Crippen LogP contribution in [-0.4, -0.2) is 62.7 Å². The van der Waals surface area contributed by atoms with Crippen molar-refractivity contribution in [2.75, 3.05) is 29.8 Å². The lowest BCUT2D eigenvalue weighted by Gasteiger charge is -2.32. The molecule has 1 aliphatic heterocycles. The minimum absolute atomic E-state index is 0.0609. The number of hydrogen-bond acceptors (Lipinski definition) is 6. The molecule has 9 nitrogen and oxygen atoms in total. The highest BCUT2D eigenvalue weighted by Crippen LogP contribution is 2.35. The van der Waals surface area contributed by atoms with Crippen molar-refractivity contribution in [3.63, 3.8) is 0 Å². The summed E-state index contributed by atoms with van der Waals surface area (Å²) in [6.07, 6.45) is 0.742. The Morgan fingerprint density at radius 2 is 1.68 bits per heavy atom. The van der Waals surface area contributed by atoms with E-state index < -0.39 is 28.5 Å². The highest BCUT2D eigenvalue weighted by Gasteiger charge is 2.32. The zero-order chi connectivity index (χ0) is 27.2. The first-order valence-corrected chi connectivity index (χ1v) is 14.7. The third kappa shape index (κ3) is 7.38. The molecule has 1 N–H and O–H groups in total. The van der Waals surface area contributed by atoms with Crippen LogP contribution in [0.1, 0.15) is 39.7 Å². The minimum atomic E-state index is -3.83. The molecule has 0 radical (unpaired) electrons. The summed E-state index contributed by atoms with van der Waals surface area (Å²) in [5.41, 5.74) is 1.10. The van der Waals surface area contributed by atoms with Gasteiger partial charge in [0.25, 0.3) is 0 Å². The second-order valence-electron chi connectivity index (χ2n) is 8.88. The molecule has 202 valence electrons. The van der Waals surface area contributed by atoms with E-state index in [9.17, 15) is 18.0 Å². The number of rotatable bonds is 11. The SMILES string of the molecule is CC[C@H](C)NC(=O)[C@H](C)N(Cc1ccc(Br)cc1)C(=O)CN(c1ccc2c(c1)OCCO2)S(=O)(=O)CC. The van der Waals surface area contributed by atoms with E-state index in [1.807, 2.05) is 38.1 Å². The van der Waals surface area contributed by atoms with E-state index in [1.54, 1.807) is 25.1 Å². The number of carbonyl (C=O) groups excluding carboxylic acids is 2. The third-order valence-corrected chi connectivity index (χ3v) is 8.50. The number of fused-ring (bicyclic) bond motifs is 1. The topological polar surface area (TPSA) is 105 Å². The molecule has 2 amide bonds. The van der Waals surface area contributed by atoms with E-state index in [-0.39, 0.29) is 24.2 Å². The summed E-state index contributed by atoms with van der Waals surface area (Å²) in [5.74, 6) is -0.0700. The Morgan fingerprint density at radius 3 is 2.30 bits per heavy atom. The fraction of sp³-hybridized carbons (Fsp3) is 0.462. The molecular formula is C26H34BrN3O6S. The standard InChI is InChI=1S/C26H34BrN3O6S/c1-5-18(3)28-26(32)19(4)29(16-20-7-9-21(27)10-8-20)25(31)17-30(37(33,34)6-2)22-11-12-23-24(15-22)36-14-13-35-23/h7-12,15,18-19H,5-6,13-14,16-17H2,1-4H3,(H,28,32)/t18-,19-/m0/s1. The van der Waals surface area contributed by atoms with Gasteiger partial charge in [-0.2, -0.15) is 0 Å². The summed E-state index contributed by atoms with van der Waals surface area (Å²) in [6, 6.07) is 11.3. The van der Waals surface area contributed by atoms with Crippen molar-refractivity contribution in [3.05, 3.63) is 52.5 Å². The molecule has 3 rings (SSSR count). The van der Waals surface area contributed by atoms with Crippen LogP contribution in [0.4, 0.5) is 5.69 Å². The monoisotopic (exact) mass is 595 g/mol. The molecule has 0 aliphatic carbocycles. The Labute approximate surface area is 227 Å². The summed E-state index contributed by atoms with van der Waals surface area (Å²) >= 11 is 3.41. The van der Waals surface area contributed by atoms with Crippen molar-refractivity contribution >= 4 is 43.5 Å². The summed E-state index contributed by atoms with van der Waals surface area (Å²) in [7, 11) is -3.83. The van der Waals surface area contributed by atoms with Crippen LogP contribution >= 0.6 is 15.9 Å². The van der Waals surface area contributed by atoms with Gasteiger partial charge in [-0.15, -0.1) is 0 Å². The largest absolute Gasteiger partial charge is 0.486 e. The highest BCUT2D eigenvalue weighted by molar-refractivity contribution is 9.10. The predicted octanol–water partition coefficient (Wildman–Crippen LogP) is 3.71. The highest BCUT2D eigenvalue weighted by atomic mass is 79.9. The molecule has 2 atom stereocenters. The predicted molar refractivity (Wildman–Crippen MR) is 146 cm³/mol. The van der Waals surface area contributed by atoms with Gasteiger partial charge in [0.15, 0.2) is 11.5 Å². The molecule has 11 heteroatoms.